The number of carbonyl (C=O) groups is 5. The first kappa shape index (κ1) is 30.6. The molecule has 4 amide bonds. The molecule has 0 aromatic heterocycles. The number of nitrogens with two attached hydrogens (primary N) is 1. The van der Waals surface area contributed by atoms with Crippen LogP contribution in [0.2, 0.25) is 0 Å². The molecule has 0 bridgehead atoms. The maximum absolute atomic E-state index is 14.1. The molecular weight excluding hydrogens is 523 g/mol. The molecule has 3 N–H and O–H groups in total. The van der Waals surface area contributed by atoms with Gasteiger partial charge in [-0.15, -0.1) is 0 Å². The van der Waals surface area contributed by atoms with Crippen LogP contribution < -0.4 is 11.1 Å². The predicted octanol–water partition coefficient (Wildman–Crippen LogP) is 2.94. The van der Waals surface area contributed by atoms with Crippen molar-refractivity contribution in [2.45, 2.75) is 90.8 Å². The SMILES string of the molecule is C/C=C(\C)C(=O)CC[C@H](NC(=O)OC(C)(C)C)C(=O)N1CC(OC(=O)N2Cc3cccc(F)c3C2)CC1C(N)=O. The average molecular weight is 561 g/mol. The van der Waals surface area contributed by atoms with Crippen LogP contribution in [0.25, 0.3) is 0 Å². The van der Waals surface area contributed by atoms with Gasteiger partial charge in [0.05, 0.1) is 13.1 Å². The summed E-state index contributed by atoms with van der Waals surface area (Å²) in [6, 6.07) is 2.31. The normalized spacial score (nSPS) is 19.6. The zero-order valence-corrected chi connectivity index (χ0v) is 23.5. The minimum absolute atomic E-state index is 0.0387. The second-order valence-electron chi connectivity index (χ2n) is 11.0. The Kier molecular flexibility index (Phi) is 9.54. The van der Waals surface area contributed by atoms with Gasteiger partial charge in [0, 0.05) is 24.9 Å². The average Bonchev–Trinajstić information content (AvgIpc) is 3.50. The first-order valence-electron chi connectivity index (χ1n) is 13.2. The number of ketones is 1. The molecule has 3 rings (SSSR count). The third-order valence-electron chi connectivity index (χ3n) is 6.85. The van der Waals surface area contributed by atoms with Crippen LogP contribution >= 0.6 is 0 Å². The Morgan fingerprint density at radius 2 is 1.90 bits per heavy atom. The molecule has 0 spiro atoms. The van der Waals surface area contributed by atoms with Gasteiger partial charge in [-0.3, -0.25) is 19.3 Å². The number of nitrogens with one attached hydrogen (secondary N) is 1. The van der Waals surface area contributed by atoms with E-state index in [9.17, 15) is 28.4 Å². The van der Waals surface area contributed by atoms with Crippen molar-refractivity contribution in [2.24, 2.45) is 5.73 Å². The largest absolute Gasteiger partial charge is 0.444 e. The van der Waals surface area contributed by atoms with Crippen LogP contribution in [0.5, 0.6) is 0 Å². The number of rotatable bonds is 8. The Hall–Kier alpha value is -3.96. The van der Waals surface area contributed by atoms with Crippen LogP contribution in [-0.2, 0) is 36.9 Å². The van der Waals surface area contributed by atoms with E-state index in [0.29, 0.717) is 16.7 Å². The molecule has 0 saturated carbocycles. The van der Waals surface area contributed by atoms with E-state index >= 15 is 0 Å². The summed E-state index contributed by atoms with van der Waals surface area (Å²) in [4.78, 5) is 66.2. The maximum atomic E-state index is 14.1. The summed E-state index contributed by atoms with van der Waals surface area (Å²) < 4.78 is 25.0. The van der Waals surface area contributed by atoms with Crippen LogP contribution in [0, 0.1) is 5.82 Å². The molecule has 2 heterocycles. The van der Waals surface area contributed by atoms with Gasteiger partial charge in [-0.1, -0.05) is 18.2 Å². The van der Waals surface area contributed by atoms with Gasteiger partial charge in [-0.25, -0.2) is 14.0 Å². The Labute approximate surface area is 232 Å². The number of ether oxygens (including phenoxy) is 2. The van der Waals surface area contributed by atoms with Crippen molar-refractivity contribution in [3.8, 4) is 0 Å². The zero-order chi connectivity index (χ0) is 29.8. The first-order chi connectivity index (χ1) is 18.7. The van der Waals surface area contributed by atoms with Gasteiger partial charge < -0.3 is 25.4 Å². The first-order valence-corrected chi connectivity index (χ1v) is 13.2. The monoisotopic (exact) mass is 560 g/mol. The minimum Gasteiger partial charge on any atom is -0.444 e. The highest BCUT2D eigenvalue weighted by molar-refractivity contribution is 5.96. The lowest BCUT2D eigenvalue weighted by atomic mass is 10.0. The molecule has 1 fully saturated rings. The molecular formula is C28H37FN4O7. The van der Waals surface area contributed by atoms with E-state index < -0.39 is 53.6 Å². The number of hydrogen-bond acceptors (Lipinski definition) is 7. The highest BCUT2D eigenvalue weighted by atomic mass is 19.1. The third-order valence-corrected chi connectivity index (χ3v) is 6.85. The highest BCUT2D eigenvalue weighted by Crippen LogP contribution is 2.28. The van der Waals surface area contributed by atoms with Gasteiger partial charge in [0.1, 0.15) is 29.6 Å². The molecule has 2 aliphatic rings. The molecule has 1 aromatic rings. The Morgan fingerprint density at radius 3 is 2.50 bits per heavy atom. The molecule has 0 radical (unpaired) electrons. The number of fused-ring (bicyclic) bond motifs is 1. The van der Waals surface area contributed by atoms with Gasteiger partial charge in [-0.2, -0.15) is 0 Å². The molecule has 1 saturated heterocycles. The Balaban J connectivity index is 1.72. The van der Waals surface area contributed by atoms with Crippen LogP contribution in [0.15, 0.2) is 29.8 Å². The number of amides is 4. The van der Waals surface area contributed by atoms with Gasteiger partial charge >= 0.3 is 12.2 Å². The van der Waals surface area contributed by atoms with E-state index in [2.05, 4.69) is 5.32 Å². The van der Waals surface area contributed by atoms with Gasteiger partial charge in [0.25, 0.3) is 0 Å². The standard InChI is InChI=1S/C28H37FN4O7/c1-6-16(2)23(34)11-10-21(31-26(37)40-28(3,4)5)25(36)33-14-18(12-22(33)24(30)35)39-27(38)32-13-17-8-7-9-20(29)19(17)15-32/h6-9,18,21-22H,10-15H2,1-5H3,(H2,30,35)(H,31,37)/b16-6+/t18?,21-,22?/m0/s1. The molecule has 3 atom stereocenters. The number of Topliss-reactive ketones (excluding diaryl/α,β-unsaturated/α-hetero) is 1. The molecule has 0 aliphatic carbocycles. The van der Waals surface area contributed by atoms with Crippen molar-refractivity contribution in [1.82, 2.24) is 15.1 Å². The van der Waals surface area contributed by atoms with Crippen molar-refractivity contribution < 1.29 is 37.8 Å². The number of benzene rings is 1. The highest BCUT2D eigenvalue weighted by Gasteiger charge is 2.43. The number of carbonyl (C=O) groups excluding carboxylic acids is 5. The van der Waals surface area contributed by atoms with Crippen molar-refractivity contribution >= 4 is 29.8 Å². The molecule has 1 aromatic carbocycles. The Bertz CT molecular complexity index is 1210. The lowest BCUT2D eigenvalue weighted by Crippen LogP contribution is -2.53. The molecule has 40 heavy (non-hydrogen) atoms. The summed E-state index contributed by atoms with van der Waals surface area (Å²) in [5.41, 5.74) is 6.34. The summed E-state index contributed by atoms with van der Waals surface area (Å²) in [6.07, 6.45) is -0.924. The zero-order valence-electron chi connectivity index (χ0n) is 23.5. The Morgan fingerprint density at radius 1 is 1.20 bits per heavy atom. The third kappa shape index (κ3) is 7.57. The van der Waals surface area contributed by atoms with Crippen molar-refractivity contribution in [2.75, 3.05) is 6.54 Å². The van der Waals surface area contributed by atoms with Crippen LogP contribution in [-0.4, -0.2) is 69.9 Å². The van der Waals surface area contributed by atoms with E-state index in [1.54, 1.807) is 52.8 Å². The second-order valence-corrected chi connectivity index (χ2v) is 11.0. The summed E-state index contributed by atoms with van der Waals surface area (Å²) in [5, 5.41) is 2.51. The van der Waals surface area contributed by atoms with Gasteiger partial charge in [-0.05, 0) is 58.2 Å². The van der Waals surface area contributed by atoms with Crippen LogP contribution in [0.1, 0.15) is 65.0 Å². The van der Waals surface area contributed by atoms with Crippen molar-refractivity contribution in [3.63, 3.8) is 0 Å². The molecule has 2 aliphatic heterocycles. The molecule has 2 unspecified atom stereocenters. The topological polar surface area (TPSA) is 148 Å². The molecule has 218 valence electrons. The fourth-order valence-electron chi connectivity index (χ4n) is 4.66. The lowest BCUT2D eigenvalue weighted by Gasteiger charge is -2.28. The number of nitrogens with zero attached hydrogens (tertiary/aromatic N) is 2. The summed E-state index contributed by atoms with van der Waals surface area (Å²) >= 11 is 0. The number of allylic oxidation sites excluding steroid dienone is 2. The fourth-order valence-corrected chi connectivity index (χ4v) is 4.66. The summed E-state index contributed by atoms with van der Waals surface area (Å²) in [7, 11) is 0. The number of alkyl carbamates (subject to hydrolysis) is 1. The van der Waals surface area contributed by atoms with E-state index in [4.69, 9.17) is 15.2 Å². The van der Waals surface area contributed by atoms with Crippen LogP contribution in [0.3, 0.4) is 0 Å². The minimum atomic E-state index is -1.20. The quantitative estimate of drug-likeness (QED) is 0.465. The molecule has 11 nitrogen and oxygen atoms in total. The van der Waals surface area contributed by atoms with Crippen molar-refractivity contribution in [1.29, 1.82) is 0 Å². The maximum Gasteiger partial charge on any atom is 0.410 e. The smallest absolute Gasteiger partial charge is 0.410 e. The van der Waals surface area contributed by atoms with Crippen LogP contribution in [0.4, 0.5) is 14.0 Å². The summed E-state index contributed by atoms with van der Waals surface area (Å²) in [5.74, 6) is -2.07. The summed E-state index contributed by atoms with van der Waals surface area (Å²) in [6.45, 7) is 8.42. The predicted molar refractivity (Wildman–Crippen MR) is 142 cm³/mol. The number of halogens is 1. The van der Waals surface area contributed by atoms with E-state index in [1.807, 2.05) is 0 Å². The number of primary amides is 1. The lowest BCUT2D eigenvalue weighted by molar-refractivity contribution is -0.139. The molecule has 12 heteroatoms. The van der Waals surface area contributed by atoms with E-state index in [-0.39, 0.29) is 44.7 Å². The van der Waals surface area contributed by atoms with Crippen molar-refractivity contribution in [3.05, 3.63) is 46.8 Å². The van der Waals surface area contributed by atoms with Gasteiger partial charge in [0.2, 0.25) is 11.8 Å². The van der Waals surface area contributed by atoms with E-state index in [1.165, 1.54) is 11.0 Å². The van der Waals surface area contributed by atoms with Gasteiger partial charge in [0.15, 0.2) is 5.78 Å². The number of hydrogen-bond donors (Lipinski definition) is 2. The second kappa shape index (κ2) is 12.5. The fraction of sp³-hybridized carbons (Fsp3) is 0.536. The van der Waals surface area contributed by atoms with E-state index in [0.717, 1.165) is 4.90 Å². The number of likely N-dealkylation sites (tertiary alicyclic amines) is 1.